The molecule has 0 spiro atoms. The fourth-order valence-electron chi connectivity index (χ4n) is 2.57. The SMILES string of the molecule is CN1CCN(c2cc(C(C)(C)C)c(Br)cc2[N+](=O)[O-])CC1. The van der Waals surface area contributed by atoms with Crippen LogP contribution >= 0.6 is 15.9 Å². The van der Waals surface area contributed by atoms with Crippen molar-refractivity contribution in [2.75, 3.05) is 38.1 Å². The third-order valence-corrected chi connectivity index (χ3v) is 4.57. The van der Waals surface area contributed by atoms with Crippen LogP contribution in [0.3, 0.4) is 0 Å². The summed E-state index contributed by atoms with van der Waals surface area (Å²) in [5.41, 5.74) is 1.96. The molecule has 1 aromatic rings. The maximum absolute atomic E-state index is 11.4. The van der Waals surface area contributed by atoms with E-state index >= 15 is 0 Å². The molecule has 1 saturated heterocycles. The summed E-state index contributed by atoms with van der Waals surface area (Å²) >= 11 is 3.49. The summed E-state index contributed by atoms with van der Waals surface area (Å²) in [6.45, 7) is 9.85. The van der Waals surface area contributed by atoms with Crippen molar-refractivity contribution in [2.24, 2.45) is 0 Å². The van der Waals surface area contributed by atoms with Gasteiger partial charge >= 0.3 is 0 Å². The van der Waals surface area contributed by atoms with Crippen LogP contribution in [0.1, 0.15) is 26.3 Å². The van der Waals surface area contributed by atoms with E-state index in [1.807, 2.05) is 6.07 Å². The Bertz CT molecular complexity index is 547. The molecule has 116 valence electrons. The van der Waals surface area contributed by atoms with E-state index in [1.165, 1.54) is 0 Å². The Labute approximate surface area is 134 Å². The average molecular weight is 356 g/mol. The fraction of sp³-hybridized carbons (Fsp3) is 0.600. The molecule has 0 saturated carbocycles. The number of hydrogen-bond acceptors (Lipinski definition) is 4. The van der Waals surface area contributed by atoms with Gasteiger partial charge in [0, 0.05) is 36.7 Å². The summed E-state index contributed by atoms with van der Waals surface area (Å²) in [7, 11) is 2.08. The smallest absolute Gasteiger partial charge is 0.293 e. The highest BCUT2D eigenvalue weighted by atomic mass is 79.9. The van der Waals surface area contributed by atoms with Gasteiger partial charge in [0.2, 0.25) is 0 Å². The van der Waals surface area contributed by atoms with Gasteiger partial charge in [0.1, 0.15) is 5.69 Å². The van der Waals surface area contributed by atoms with Gasteiger partial charge in [-0.3, -0.25) is 10.1 Å². The normalized spacial score (nSPS) is 17.1. The van der Waals surface area contributed by atoms with Crippen molar-refractivity contribution in [1.29, 1.82) is 0 Å². The second kappa shape index (κ2) is 5.93. The molecule has 1 fully saturated rings. The van der Waals surface area contributed by atoms with Crippen molar-refractivity contribution < 1.29 is 4.92 Å². The number of likely N-dealkylation sites (N-methyl/N-ethyl adjacent to an activating group) is 1. The number of rotatable bonds is 2. The van der Waals surface area contributed by atoms with Crippen molar-refractivity contribution in [3.63, 3.8) is 0 Å². The predicted molar refractivity (Wildman–Crippen MR) is 89.2 cm³/mol. The molecule has 1 heterocycles. The summed E-state index contributed by atoms with van der Waals surface area (Å²) < 4.78 is 0.805. The number of piperazine rings is 1. The molecule has 0 bridgehead atoms. The minimum Gasteiger partial charge on any atom is -0.363 e. The molecule has 6 heteroatoms. The standard InChI is InChI=1S/C15H22BrN3O2/c1-15(2,3)11-9-13(14(19(20)21)10-12(11)16)18-7-5-17(4)6-8-18/h9-10H,5-8H2,1-4H3. The second-order valence-corrected chi connectivity index (χ2v) is 7.47. The first-order valence-corrected chi connectivity index (χ1v) is 7.91. The van der Waals surface area contributed by atoms with Crippen LogP contribution in [-0.2, 0) is 5.41 Å². The fourth-order valence-corrected chi connectivity index (χ4v) is 3.50. The second-order valence-electron chi connectivity index (χ2n) is 6.62. The number of nitro groups is 1. The minimum atomic E-state index is -0.287. The summed E-state index contributed by atoms with van der Waals surface area (Å²) in [6.07, 6.45) is 0. The summed E-state index contributed by atoms with van der Waals surface area (Å²) in [4.78, 5) is 15.5. The van der Waals surface area contributed by atoms with Gasteiger partial charge in [-0.15, -0.1) is 0 Å². The summed E-state index contributed by atoms with van der Waals surface area (Å²) in [5, 5.41) is 11.4. The van der Waals surface area contributed by atoms with Crippen LogP contribution < -0.4 is 4.90 Å². The average Bonchev–Trinajstić information content (AvgIpc) is 2.38. The van der Waals surface area contributed by atoms with Gasteiger partial charge in [0.05, 0.1) is 4.92 Å². The van der Waals surface area contributed by atoms with Gasteiger partial charge in [-0.25, -0.2) is 0 Å². The lowest BCUT2D eigenvalue weighted by atomic mass is 9.86. The van der Waals surface area contributed by atoms with Crippen molar-refractivity contribution in [3.8, 4) is 0 Å². The number of anilines is 1. The Balaban J connectivity index is 2.48. The molecule has 5 nitrogen and oxygen atoms in total. The highest BCUT2D eigenvalue weighted by Gasteiger charge is 2.27. The minimum absolute atomic E-state index is 0.0602. The van der Waals surface area contributed by atoms with Gasteiger partial charge < -0.3 is 9.80 Å². The van der Waals surface area contributed by atoms with Crippen LogP contribution in [0.4, 0.5) is 11.4 Å². The van der Waals surface area contributed by atoms with E-state index in [1.54, 1.807) is 6.07 Å². The lowest BCUT2D eigenvalue weighted by molar-refractivity contribution is -0.384. The maximum Gasteiger partial charge on any atom is 0.293 e. The van der Waals surface area contributed by atoms with E-state index < -0.39 is 0 Å². The quantitative estimate of drug-likeness (QED) is 0.602. The van der Waals surface area contributed by atoms with E-state index in [0.717, 1.165) is 41.9 Å². The molecule has 1 aliphatic rings. The number of nitrogens with zero attached hydrogens (tertiary/aromatic N) is 3. The van der Waals surface area contributed by atoms with E-state index in [0.29, 0.717) is 0 Å². The van der Waals surface area contributed by atoms with Crippen LogP contribution in [0.25, 0.3) is 0 Å². The third-order valence-electron chi connectivity index (χ3n) is 3.91. The number of nitro benzene ring substituents is 1. The lowest BCUT2D eigenvalue weighted by Crippen LogP contribution is -2.44. The topological polar surface area (TPSA) is 49.6 Å². The molecule has 0 aromatic heterocycles. The van der Waals surface area contributed by atoms with Gasteiger partial charge in [0.25, 0.3) is 5.69 Å². The first kappa shape index (κ1) is 16.2. The molecular formula is C15H22BrN3O2. The monoisotopic (exact) mass is 355 g/mol. The van der Waals surface area contributed by atoms with Crippen molar-refractivity contribution in [2.45, 2.75) is 26.2 Å². The van der Waals surface area contributed by atoms with E-state index in [2.05, 4.69) is 53.5 Å². The molecule has 0 radical (unpaired) electrons. The van der Waals surface area contributed by atoms with E-state index in [-0.39, 0.29) is 16.0 Å². The third kappa shape index (κ3) is 3.55. The summed E-state index contributed by atoms with van der Waals surface area (Å²) in [6, 6.07) is 3.63. The van der Waals surface area contributed by atoms with Crippen LogP contribution in [0.2, 0.25) is 0 Å². The van der Waals surface area contributed by atoms with Crippen LogP contribution in [0.5, 0.6) is 0 Å². The summed E-state index contributed by atoms with van der Waals surface area (Å²) in [5.74, 6) is 0. The van der Waals surface area contributed by atoms with E-state index in [9.17, 15) is 10.1 Å². The Morgan fingerprint density at radius 2 is 1.76 bits per heavy atom. The zero-order valence-electron chi connectivity index (χ0n) is 13.0. The van der Waals surface area contributed by atoms with Crippen molar-refractivity contribution in [1.82, 2.24) is 4.90 Å². The molecule has 1 aliphatic heterocycles. The Morgan fingerprint density at radius 1 is 1.19 bits per heavy atom. The molecule has 0 amide bonds. The predicted octanol–water partition coefficient (Wildman–Crippen LogP) is 3.41. The van der Waals surface area contributed by atoms with Crippen LogP contribution in [0, 0.1) is 10.1 Å². The van der Waals surface area contributed by atoms with Crippen molar-refractivity contribution >= 4 is 27.3 Å². The van der Waals surface area contributed by atoms with E-state index in [4.69, 9.17) is 0 Å². The molecule has 21 heavy (non-hydrogen) atoms. The zero-order chi connectivity index (χ0) is 15.8. The first-order chi connectivity index (χ1) is 9.70. The van der Waals surface area contributed by atoms with Gasteiger partial charge in [-0.05, 0) is 24.1 Å². The highest BCUT2D eigenvalue weighted by Crippen LogP contribution is 2.39. The molecular weight excluding hydrogens is 334 g/mol. The molecule has 2 rings (SSSR count). The number of halogens is 1. The Morgan fingerprint density at radius 3 is 2.24 bits per heavy atom. The zero-order valence-corrected chi connectivity index (χ0v) is 14.6. The molecule has 0 unspecified atom stereocenters. The molecule has 0 N–H and O–H groups in total. The lowest BCUT2D eigenvalue weighted by Gasteiger charge is -2.34. The molecule has 0 atom stereocenters. The van der Waals surface area contributed by atoms with Crippen molar-refractivity contribution in [3.05, 3.63) is 32.3 Å². The van der Waals surface area contributed by atoms with Gasteiger partial charge in [-0.1, -0.05) is 36.7 Å². The Hall–Kier alpha value is -1.14. The number of benzene rings is 1. The molecule has 0 aliphatic carbocycles. The van der Waals surface area contributed by atoms with Crippen LogP contribution in [0.15, 0.2) is 16.6 Å². The number of hydrogen-bond donors (Lipinski definition) is 0. The largest absolute Gasteiger partial charge is 0.363 e. The molecule has 1 aromatic carbocycles. The van der Waals surface area contributed by atoms with Gasteiger partial charge in [-0.2, -0.15) is 0 Å². The van der Waals surface area contributed by atoms with Crippen LogP contribution in [-0.4, -0.2) is 43.0 Å². The first-order valence-electron chi connectivity index (χ1n) is 7.12. The highest BCUT2D eigenvalue weighted by molar-refractivity contribution is 9.10. The Kier molecular flexibility index (Phi) is 4.58. The maximum atomic E-state index is 11.4. The van der Waals surface area contributed by atoms with Gasteiger partial charge in [0.15, 0.2) is 0 Å².